The van der Waals surface area contributed by atoms with E-state index in [1.54, 1.807) is 16.9 Å². The lowest BCUT2D eigenvalue weighted by Gasteiger charge is -2.03. The van der Waals surface area contributed by atoms with E-state index in [0.717, 1.165) is 33.6 Å². The fourth-order valence-corrected chi connectivity index (χ4v) is 2.07. The second-order valence-corrected chi connectivity index (χ2v) is 5.00. The van der Waals surface area contributed by atoms with Gasteiger partial charge in [-0.2, -0.15) is 5.10 Å². The van der Waals surface area contributed by atoms with E-state index in [9.17, 15) is 0 Å². The molecule has 0 bridgehead atoms. The maximum absolute atomic E-state index is 4.28. The molecule has 3 heteroatoms. The number of imidazole rings is 1. The van der Waals surface area contributed by atoms with Gasteiger partial charge in [-0.25, -0.2) is 9.50 Å². The average Bonchev–Trinajstić information content (AvgIpc) is 2.89. The van der Waals surface area contributed by atoms with Crippen LogP contribution in [0.2, 0.25) is 0 Å². The number of hydrogen-bond donors (Lipinski definition) is 0. The van der Waals surface area contributed by atoms with Gasteiger partial charge in [-0.3, -0.25) is 0 Å². The summed E-state index contributed by atoms with van der Waals surface area (Å²) in [6, 6.07) is 9.98. The number of aromatic nitrogens is 3. The van der Waals surface area contributed by atoms with Crippen molar-refractivity contribution in [3.63, 3.8) is 0 Å². The van der Waals surface area contributed by atoms with Crippen LogP contribution >= 0.6 is 0 Å². The molecule has 2 heterocycles. The number of benzene rings is 1. The molecule has 0 saturated carbocycles. The highest BCUT2D eigenvalue weighted by Crippen LogP contribution is 2.16. The lowest BCUT2D eigenvalue weighted by atomic mass is 10.0. The van der Waals surface area contributed by atoms with Crippen LogP contribution in [0.15, 0.2) is 49.3 Å². The molecule has 0 atom stereocenters. The molecule has 0 aliphatic rings. The second kappa shape index (κ2) is 5.26. The van der Waals surface area contributed by atoms with Gasteiger partial charge in [0.15, 0.2) is 5.65 Å². The van der Waals surface area contributed by atoms with Crippen molar-refractivity contribution in [2.24, 2.45) is 0 Å². The van der Waals surface area contributed by atoms with Crippen LogP contribution in [0.1, 0.15) is 29.3 Å². The molecule has 0 saturated heterocycles. The minimum Gasteiger partial charge on any atom is -0.234 e. The van der Waals surface area contributed by atoms with Crippen molar-refractivity contribution < 1.29 is 0 Å². The van der Waals surface area contributed by atoms with Gasteiger partial charge in [0.2, 0.25) is 0 Å². The molecule has 3 aromatic rings. The van der Waals surface area contributed by atoms with Crippen molar-refractivity contribution in [2.45, 2.75) is 13.8 Å². The van der Waals surface area contributed by atoms with Crippen molar-refractivity contribution >= 4 is 11.2 Å². The lowest BCUT2D eigenvalue weighted by Crippen LogP contribution is -1.92. The van der Waals surface area contributed by atoms with E-state index < -0.39 is 0 Å². The first kappa shape index (κ1) is 13.1. The number of fused-ring (bicyclic) bond motifs is 1. The van der Waals surface area contributed by atoms with Crippen molar-refractivity contribution in [3.05, 3.63) is 71.7 Å². The molecule has 102 valence electrons. The molecule has 2 aromatic heterocycles. The predicted molar refractivity (Wildman–Crippen MR) is 84.9 cm³/mol. The Morgan fingerprint density at radius 1 is 1.24 bits per heavy atom. The summed E-state index contributed by atoms with van der Waals surface area (Å²) >= 11 is 0. The SMILES string of the molecule is C=C(C)c1ccc(C)c(C#Cc2cnc3cccnn23)c1. The van der Waals surface area contributed by atoms with Crippen LogP contribution < -0.4 is 0 Å². The third kappa shape index (κ3) is 2.56. The van der Waals surface area contributed by atoms with E-state index in [1.807, 2.05) is 19.1 Å². The Morgan fingerprint density at radius 2 is 2.10 bits per heavy atom. The van der Waals surface area contributed by atoms with E-state index >= 15 is 0 Å². The molecule has 0 unspecified atom stereocenters. The number of aryl methyl sites for hydroxylation is 1. The van der Waals surface area contributed by atoms with Crippen LogP contribution in [-0.4, -0.2) is 14.6 Å². The first-order chi connectivity index (χ1) is 10.1. The van der Waals surface area contributed by atoms with Gasteiger partial charge in [0.25, 0.3) is 0 Å². The van der Waals surface area contributed by atoms with Gasteiger partial charge in [-0.1, -0.05) is 30.2 Å². The van der Waals surface area contributed by atoms with Crippen LogP contribution in [0.25, 0.3) is 11.2 Å². The third-order valence-electron chi connectivity index (χ3n) is 3.33. The zero-order valence-electron chi connectivity index (χ0n) is 12.1. The Labute approximate surface area is 124 Å². The monoisotopic (exact) mass is 273 g/mol. The summed E-state index contributed by atoms with van der Waals surface area (Å²) in [5.74, 6) is 6.36. The quantitative estimate of drug-likeness (QED) is 0.635. The highest BCUT2D eigenvalue weighted by molar-refractivity contribution is 5.64. The summed E-state index contributed by atoms with van der Waals surface area (Å²) in [5.41, 5.74) is 5.88. The van der Waals surface area contributed by atoms with E-state index in [1.165, 1.54) is 0 Å². The average molecular weight is 273 g/mol. The molecule has 0 aliphatic carbocycles. The maximum Gasteiger partial charge on any atom is 0.154 e. The highest BCUT2D eigenvalue weighted by atomic mass is 15.2. The minimum atomic E-state index is 0.783. The van der Waals surface area contributed by atoms with Crippen LogP contribution in [0.5, 0.6) is 0 Å². The van der Waals surface area contributed by atoms with Gasteiger partial charge >= 0.3 is 0 Å². The molecule has 0 spiro atoms. The zero-order chi connectivity index (χ0) is 14.8. The first-order valence-electron chi connectivity index (χ1n) is 6.72. The number of nitrogens with zero attached hydrogens (tertiary/aromatic N) is 3. The molecule has 3 nitrogen and oxygen atoms in total. The van der Waals surface area contributed by atoms with Gasteiger partial charge in [-0.15, -0.1) is 0 Å². The lowest BCUT2D eigenvalue weighted by molar-refractivity contribution is 0.923. The Morgan fingerprint density at radius 3 is 2.90 bits per heavy atom. The normalized spacial score (nSPS) is 10.2. The van der Waals surface area contributed by atoms with Crippen LogP contribution in [0.4, 0.5) is 0 Å². The van der Waals surface area contributed by atoms with Crippen molar-refractivity contribution in [2.75, 3.05) is 0 Å². The predicted octanol–water partition coefficient (Wildman–Crippen LogP) is 3.47. The Hall–Kier alpha value is -2.86. The fraction of sp³-hybridized carbons (Fsp3) is 0.111. The Bertz CT molecular complexity index is 891. The summed E-state index contributed by atoms with van der Waals surface area (Å²) in [6.07, 6.45) is 3.47. The van der Waals surface area contributed by atoms with Crippen molar-refractivity contribution in [1.29, 1.82) is 0 Å². The molecular formula is C18H15N3. The second-order valence-electron chi connectivity index (χ2n) is 5.00. The van der Waals surface area contributed by atoms with E-state index in [-0.39, 0.29) is 0 Å². The summed E-state index contributed by atoms with van der Waals surface area (Å²) in [6.45, 7) is 8.03. The smallest absolute Gasteiger partial charge is 0.154 e. The highest BCUT2D eigenvalue weighted by Gasteiger charge is 2.01. The molecule has 1 aromatic carbocycles. The molecule has 3 rings (SSSR count). The fourth-order valence-electron chi connectivity index (χ4n) is 2.07. The van der Waals surface area contributed by atoms with E-state index in [2.05, 4.69) is 53.6 Å². The Balaban J connectivity index is 2.05. The van der Waals surface area contributed by atoms with Gasteiger partial charge < -0.3 is 0 Å². The molecule has 0 aliphatic heterocycles. The summed E-state index contributed by atoms with van der Waals surface area (Å²) < 4.78 is 1.74. The molecular weight excluding hydrogens is 258 g/mol. The summed E-state index contributed by atoms with van der Waals surface area (Å²) in [4.78, 5) is 4.28. The van der Waals surface area contributed by atoms with Gasteiger partial charge in [0.05, 0.1) is 6.20 Å². The number of hydrogen-bond acceptors (Lipinski definition) is 2. The van der Waals surface area contributed by atoms with E-state index in [0.29, 0.717) is 0 Å². The molecule has 0 amide bonds. The van der Waals surface area contributed by atoms with Gasteiger partial charge in [-0.05, 0) is 49.1 Å². The van der Waals surface area contributed by atoms with E-state index in [4.69, 9.17) is 0 Å². The first-order valence-corrected chi connectivity index (χ1v) is 6.72. The topological polar surface area (TPSA) is 30.2 Å². The van der Waals surface area contributed by atoms with Crippen molar-refractivity contribution in [3.8, 4) is 11.8 Å². The largest absolute Gasteiger partial charge is 0.234 e. The van der Waals surface area contributed by atoms with Gasteiger partial charge in [0, 0.05) is 11.8 Å². The molecule has 0 fully saturated rings. The summed E-state index contributed by atoms with van der Waals surface area (Å²) in [5, 5.41) is 4.26. The standard InChI is InChI=1S/C18H15N3/c1-13(2)15-7-6-14(3)16(11-15)8-9-17-12-19-18-5-4-10-20-21(17)18/h4-7,10-12H,1H2,2-3H3. The minimum absolute atomic E-state index is 0.783. The summed E-state index contributed by atoms with van der Waals surface area (Å²) in [7, 11) is 0. The van der Waals surface area contributed by atoms with Gasteiger partial charge in [0.1, 0.15) is 5.69 Å². The molecule has 21 heavy (non-hydrogen) atoms. The number of rotatable bonds is 1. The van der Waals surface area contributed by atoms with Crippen LogP contribution in [0, 0.1) is 18.8 Å². The van der Waals surface area contributed by atoms with Crippen molar-refractivity contribution in [1.82, 2.24) is 14.6 Å². The maximum atomic E-state index is 4.28. The molecule has 0 radical (unpaired) electrons. The van der Waals surface area contributed by atoms with Crippen LogP contribution in [-0.2, 0) is 0 Å². The third-order valence-corrected chi connectivity index (χ3v) is 3.33. The Kier molecular flexibility index (Phi) is 3.29. The molecule has 0 N–H and O–H groups in total. The van der Waals surface area contributed by atoms with Crippen LogP contribution in [0.3, 0.4) is 0 Å². The zero-order valence-corrected chi connectivity index (χ0v) is 12.1. The number of allylic oxidation sites excluding steroid dienone is 1.